The molecule has 3 nitrogen and oxygen atoms in total. The molecule has 0 aromatic carbocycles. The maximum atomic E-state index is 11.9. The van der Waals surface area contributed by atoms with Crippen LogP contribution in [0.1, 0.15) is 44.5 Å². The number of carbonyl (C=O) groups excluding carboxylic acids is 1. The summed E-state index contributed by atoms with van der Waals surface area (Å²) in [7, 11) is 0. The summed E-state index contributed by atoms with van der Waals surface area (Å²) in [6.07, 6.45) is 1.54. The fraction of sp³-hybridized carbons (Fsp3) is 0.643. The fourth-order valence-electron chi connectivity index (χ4n) is 2.10. The number of carbonyl (C=O) groups is 1. The molecule has 0 saturated heterocycles. The molecular weight excluding hydrogens is 244 g/mol. The van der Waals surface area contributed by atoms with Crippen LogP contribution in [-0.4, -0.2) is 12.5 Å². The molecule has 0 radical (unpaired) electrons. The fourth-order valence-corrected chi connectivity index (χ4v) is 2.84. The van der Waals surface area contributed by atoms with Crippen LogP contribution in [0.2, 0.25) is 0 Å². The van der Waals surface area contributed by atoms with E-state index in [4.69, 9.17) is 5.73 Å². The van der Waals surface area contributed by atoms with Gasteiger partial charge in [0.1, 0.15) is 0 Å². The Balaban J connectivity index is 2.40. The third-order valence-corrected chi connectivity index (χ3v) is 4.01. The van der Waals surface area contributed by atoms with Gasteiger partial charge >= 0.3 is 0 Å². The lowest BCUT2D eigenvalue weighted by Gasteiger charge is -2.18. The Kier molecular flexibility index (Phi) is 6.36. The molecule has 1 aromatic rings. The molecule has 0 aliphatic rings. The lowest BCUT2D eigenvalue weighted by Crippen LogP contribution is -2.30. The predicted octanol–water partition coefficient (Wildman–Crippen LogP) is 2.94. The molecule has 1 aromatic heterocycles. The quantitative estimate of drug-likeness (QED) is 0.799. The summed E-state index contributed by atoms with van der Waals surface area (Å²) in [6.45, 7) is 6.92. The first-order chi connectivity index (χ1) is 8.52. The molecule has 0 aliphatic carbocycles. The van der Waals surface area contributed by atoms with Crippen LogP contribution in [0.15, 0.2) is 17.5 Å². The summed E-state index contributed by atoms with van der Waals surface area (Å²) in [6, 6.07) is 4.14. The second-order valence-corrected chi connectivity index (χ2v) is 6.22. The van der Waals surface area contributed by atoms with Gasteiger partial charge in [-0.25, -0.2) is 0 Å². The van der Waals surface area contributed by atoms with Gasteiger partial charge in [-0.3, -0.25) is 4.79 Å². The van der Waals surface area contributed by atoms with Crippen LogP contribution < -0.4 is 11.1 Å². The van der Waals surface area contributed by atoms with Gasteiger partial charge < -0.3 is 11.1 Å². The van der Waals surface area contributed by atoms with Crippen LogP contribution in [0, 0.1) is 11.8 Å². The van der Waals surface area contributed by atoms with Crippen molar-refractivity contribution in [2.24, 2.45) is 17.6 Å². The van der Waals surface area contributed by atoms with Crippen molar-refractivity contribution in [3.8, 4) is 0 Å². The van der Waals surface area contributed by atoms with Crippen LogP contribution in [0.3, 0.4) is 0 Å². The monoisotopic (exact) mass is 268 g/mol. The number of hydrogen-bond acceptors (Lipinski definition) is 3. The van der Waals surface area contributed by atoms with E-state index in [9.17, 15) is 4.79 Å². The van der Waals surface area contributed by atoms with Crippen molar-refractivity contribution in [1.82, 2.24) is 5.32 Å². The van der Waals surface area contributed by atoms with E-state index in [-0.39, 0.29) is 11.9 Å². The van der Waals surface area contributed by atoms with E-state index in [1.165, 1.54) is 4.88 Å². The third kappa shape index (κ3) is 5.19. The average molecular weight is 268 g/mol. The molecule has 1 unspecified atom stereocenters. The van der Waals surface area contributed by atoms with Gasteiger partial charge in [-0.1, -0.05) is 19.9 Å². The third-order valence-electron chi connectivity index (χ3n) is 2.96. The lowest BCUT2D eigenvalue weighted by atomic mass is 9.94. The van der Waals surface area contributed by atoms with E-state index < -0.39 is 0 Å². The highest BCUT2D eigenvalue weighted by Gasteiger charge is 2.16. The van der Waals surface area contributed by atoms with Crippen molar-refractivity contribution in [3.05, 3.63) is 22.4 Å². The molecule has 0 fully saturated rings. The molecule has 1 rings (SSSR count). The van der Waals surface area contributed by atoms with E-state index in [1.807, 2.05) is 24.4 Å². The molecule has 4 heteroatoms. The molecule has 3 N–H and O–H groups in total. The van der Waals surface area contributed by atoms with E-state index in [1.54, 1.807) is 11.3 Å². The van der Waals surface area contributed by atoms with Crippen molar-refractivity contribution in [3.63, 3.8) is 0 Å². The summed E-state index contributed by atoms with van der Waals surface area (Å²) in [5.74, 6) is 0.980. The number of nitrogens with one attached hydrogen (secondary N) is 1. The van der Waals surface area contributed by atoms with Crippen molar-refractivity contribution in [2.45, 2.75) is 39.7 Å². The first kappa shape index (κ1) is 15.2. The number of thiophene rings is 1. The summed E-state index contributed by atoms with van der Waals surface area (Å²) in [5, 5.41) is 5.06. The summed E-state index contributed by atoms with van der Waals surface area (Å²) in [5.41, 5.74) is 5.72. The SMILES string of the molecule is CC(C)CC(CN)CC(=O)N[C@@H](C)c1cccs1. The highest BCUT2D eigenvalue weighted by atomic mass is 32.1. The topological polar surface area (TPSA) is 55.1 Å². The minimum atomic E-state index is 0.0926. The maximum absolute atomic E-state index is 11.9. The van der Waals surface area contributed by atoms with E-state index in [2.05, 4.69) is 19.2 Å². The Morgan fingerprint density at radius 2 is 2.17 bits per heavy atom. The van der Waals surface area contributed by atoms with Gasteiger partial charge in [0.15, 0.2) is 0 Å². The Labute approximate surface area is 114 Å². The van der Waals surface area contributed by atoms with Crippen LogP contribution in [0.5, 0.6) is 0 Å². The van der Waals surface area contributed by atoms with Crippen molar-refractivity contribution >= 4 is 17.2 Å². The predicted molar refractivity (Wildman–Crippen MR) is 77.5 cm³/mol. The second kappa shape index (κ2) is 7.54. The summed E-state index contributed by atoms with van der Waals surface area (Å²) < 4.78 is 0. The van der Waals surface area contributed by atoms with Crippen molar-refractivity contribution in [2.75, 3.05) is 6.54 Å². The van der Waals surface area contributed by atoms with Crippen LogP contribution in [0.25, 0.3) is 0 Å². The normalized spacial score (nSPS) is 14.5. The van der Waals surface area contributed by atoms with Crippen LogP contribution in [0.4, 0.5) is 0 Å². The van der Waals surface area contributed by atoms with Gasteiger partial charge in [0.05, 0.1) is 6.04 Å². The van der Waals surface area contributed by atoms with Crippen LogP contribution in [-0.2, 0) is 4.79 Å². The second-order valence-electron chi connectivity index (χ2n) is 5.24. The first-order valence-electron chi connectivity index (χ1n) is 6.55. The van der Waals surface area contributed by atoms with Gasteiger partial charge in [-0.2, -0.15) is 0 Å². The van der Waals surface area contributed by atoms with E-state index >= 15 is 0 Å². The molecule has 18 heavy (non-hydrogen) atoms. The number of nitrogens with two attached hydrogens (primary N) is 1. The van der Waals surface area contributed by atoms with Gasteiger partial charge in [0, 0.05) is 11.3 Å². The van der Waals surface area contributed by atoms with Crippen molar-refractivity contribution in [1.29, 1.82) is 0 Å². The first-order valence-corrected chi connectivity index (χ1v) is 7.43. The number of amides is 1. The lowest BCUT2D eigenvalue weighted by molar-refractivity contribution is -0.122. The zero-order valence-corrected chi connectivity index (χ0v) is 12.3. The average Bonchev–Trinajstić information content (AvgIpc) is 2.80. The molecule has 0 saturated carbocycles. The highest BCUT2D eigenvalue weighted by molar-refractivity contribution is 7.10. The molecule has 0 aliphatic heterocycles. The molecule has 2 atom stereocenters. The van der Waals surface area contributed by atoms with Crippen LogP contribution >= 0.6 is 11.3 Å². The minimum Gasteiger partial charge on any atom is -0.349 e. The van der Waals surface area contributed by atoms with Gasteiger partial charge in [0.2, 0.25) is 5.91 Å². The van der Waals surface area contributed by atoms with Gasteiger partial charge in [-0.05, 0) is 43.2 Å². The van der Waals surface area contributed by atoms with E-state index in [0.29, 0.717) is 24.8 Å². The number of rotatable bonds is 7. The smallest absolute Gasteiger partial charge is 0.220 e. The summed E-state index contributed by atoms with van der Waals surface area (Å²) >= 11 is 1.67. The molecule has 102 valence electrons. The molecule has 1 heterocycles. The highest BCUT2D eigenvalue weighted by Crippen LogP contribution is 2.19. The minimum absolute atomic E-state index is 0.0926. The number of hydrogen-bond donors (Lipinski definition) is 2. The maximum Gasteiger partial charge on any atom is 0.220 e. The standard InChI is InChI=1S/C14H24N2OS/c1-10(2)7-12(9-15)8-14(17)16-11(3)13-5-4-6-18-13/h4-6,10-12H,7-9,15H2,1-3H3,(H,16,17)/t11-,12?/m0/s1. The zero-order chi connectivity index (χ0) is 13.5. The Bertz CT molecular complexity index is 349. The molecule has 1 amide bonds. The van der Waals surface area contributed by atoms with E-state index in [0.717, 1.165) is 6.42 Å². The molecule has 0 bridgehead atoms. The van der Waals surface area contributed by atoms with Gasteiger partial charge in [-0.15, -0.1) is 11.3 Å². The van der Waals surface area contributed by atoms with Gasteiger partial charge in [0.25, 0.3) is 0 Å². The summed E-state index contributed by atoms with van der Waals surface area (Å²) in [4.78, 5) is 13.1. The molecular formula is C14H24N2OS. The molecule has 0 spiro atoms. The Morgan fingerprint density at radius 1 is 1.44 bits per heavy atom. The Morgan fingerprint density at radius 3 is 2.67 bits per heavy atom. The largest absolute Gasteiger partial charge is 0.349 e. The zero-order valence-electron chi connectivity index (χ0n) is 11.5. The Hall–Kier alpha value is -0.870. The van der Waals surface area contributed by atoms with Crippen molar-refractivity contribution < 1.29 is 4.79 Å².